The minimum absolute atomic E-state index is 0.510. The van der Waals surface area contributed by atoms with Crippen molar-refractivity contribution in [3.8, 4) is 0 Å². The predicted molar refractivity (Wildman–Crippen MR) is 88.8 cm³/mol. The van der Waals surface area contributed by atoms with Crippen LogP contribution in [0.25, 0.3) is 11.0 Å². The summed E-state index contributed by atoms with van der Waals surface area (Å²) in [6.45, 7) is 9.72. The molecule has 2 N–H and O–H groups in total. The molecule has 1 aliphatic heterocycles. The first kappa shape index (κ1) is 15.0. The molecule has 0 atom stereocenters. The Morgan fingerprint density at radius 1 is 1.18 bits per heavy atom. The van der Waals surface area contributed by atoms with Gasteiger partial charge in [-0.3, -0.25) is 9.58 Å². The van der Waals surface area contributed by atoms with Crippen molar-refractivity contribution in [2.75, 3.05) is 43.4 Å². The van der Waals surface area contributed by atoms with E-state index in [-0.39, 0.29) is 0 Å². The van der Waals surface area contributed by atoms with Crippen LogP contribution in [0, 0.1) is 5.92 Å². The van der Waals surface area contributed by atoms with E-state index in [1.807, 2.05) is 7.05 Å². The molecular weight excluding hydrogens is 278 g/mol. The van der Waals surface area contributed by atoms with Crippen molar-refractivity contribution >= 4 is 22.8 Å². The van der Waals surface area contributed by atoms with E-state index in [2.05, 4.69) is 38.7 Å². The summed E-state index contributed by atoms with van der Waals surface area (Å²) in [7, 11) is 1.88. The number of hydrogen-bond acceptors (Lipinski definition) is 6. The molecule has 0 aliphatic carbocycles. The Balaban J connectivity index is 1.70. The van der Waals surface area contributed by atoms with E-state index >= 15 is 0 Å². The Morgan fingerprint density at radius 2 is 1.91 bits per heavy atom. The predicted octanol–water partition coefficient (Wildman–Crippen LogP) is 1.11. The number of aromatic nitrogens is 4. The fourth-order valence-electron chi connectivity index (χ4n) is 2.79. The van der Waals surface area contributed by atoms with Crippen LogP contribution in [0.1, 0.15) is 20.3 Å². The Morgan fingerprint density at radius 3 is 2.59 bits per heavy atom. The van der Waals surface area contributed by atoms with Crippen molar-refractivity contribution in [2.45, 2.75) is 20.3 Å². The third-order valence-corrected chi connectivity index (χ3v) is 4.29. The number of nitrogens with two attached hydrogens (primary N) is 1. The highest BCUT2D eigenvalue weighted by molar-refractivity contribution is 5.86. The van der Waals surface area contributed by atoms with Gasteiger partial charge in [0.2, 0.25) is 5.95 Å². The fourth-order valence-corrected chi connectivity index (χ4v) is 2.79. The summed E-state index contributed by atoms with van der Waals surface area (Å²) in [6.07, 6.45) is 2.97. The van der Waals surface area contributed by atoms with Gasteiger partial charge in [0.25, 0.3) is 0 Å². The van der Waals surface area contributed by atoms with E-state index in [4.69, 9.17) is 5.73 Å². The Bertz CT molecular complexity index is 641. The molecular formula is C15H25N7. The number of nitrogen functional groups attached to an aromatic ring is 1. The van der Waals surface area contributed by atoms with E-state index in [0.717, 1.165) is 49.1 Å². The number of hydrogen-bond donors (Lipinski definition) is 1. The van der Waals surface area contributed by atoms with Crippen LogP contribution in [0.4, 0.5) is 11.8 Å². The van der Waals surface area contributed by atoms with Crippen LogP contribution in [0.3, 0.4) is 0 Å². The Kier molecular flexibility index (Phi) is 4.15. The van der Waals surface area contributed by atoms with Crippen LogP contribution in [-0.4, -0.2) is 57.4 Å². The number of aryl methyl sites for hydroxylation is 1. The molecule has 2 aromatic heterocycles. The highest BCUT2D eigenvalue weighted by atomic mass is 15.3. The molecule has 1 aliphatic rings. The number of nitrogens with zero attached hydrogens (tertiary/aromatic N) is 6. The molecule has 0 unspecified atom stereocenters. The molecule has 22 heavy (non-hydrogen) atoms. The number of anilines is 2. The van der Waals surface area contributed by atoms with Gasteiger partial charge < -0.3 is 10.6 Å². The van der Waals surface area contributed by atoms with Crippen LogP contribution >= 0.6 is 0 Å². The lowest BCUT2D eigenvalue weighted by Crippen LogP contribution is -2.47. The molecule has 0 amide bonds. The molecule has 0 saturated carbocycles. The quantitative estimate of drug-likeness (QED) is 0.912. The first-order valence-corrected chi connectivity index (χ1v) is 7.97. The molecule has 1 saturated heterocycles. The average molecular weight is 303 g/mol. The number of rotatable bonds is 4. The normalized spacial score (nSPS) is 16.8. The molecule has 0 spiro atoms. The van der Waals surface area contributed by atoms with Gasteiger partial charge in [-0.2, -0.15) is 15.1 Å². The fraction of sp³-hybridized carbons (Fsp3) is 0.667. The van der Waals surface area contributed by atoms with Gasteiger partial charge in [0.15, 0.2) is 5.65 Å². The zero-order valence-electron chi connectivity index (χ0n) is 13.7. The van der Waals surface area contributed by atoms with E-state index in [0.29, 0.717) is 5.82 Å². The lowest BCUT2D eigenvalue weighted by molar-refractivity contribution is 0.243. The van der Waals surface area contributed by atoms with Crippen molar-refractivity contribution in [2.24, 2.45) is 13.0 Å². The van der Waals surface area contributed by atoms with Crippen molar-refractivity contribution in [3.05, 3.63) is 6.20 Å². The molecule has 3 rings (SSSR count). The molecule has 7 nitrogen and oxygen atoms in total. The standard InChI is InChI=1S/C15H25N7/c1-11(2)4-5-21-6-8-22(9-7-21)15-18-13(16)12-10-17-20(3)14(12)19-15/h10-11H,4-9H2,1-3H3,(H2,16,18,19). The zero-order valence-corrected chi connectivity index (χ0v) is 13.7. The van der Waals surface area contributed by atoms with E-state index in [1.165, 1.54) is 13.0 Å². The Labute approximate surface area is 131 Å². The third kappa shape index (κ3) is 2.99. The van der Waals surface area contributed by atoms with Gasteiger partial charge in [0.05, 0.1) is 11.6 Å². The first-order valence-electron chi connectivity index (χ1n) is 7.97. The Hall–Kier alpha value is -1.89. The van der Waals surface area contributed by atoms with Gasteiger partial charge in [-0.15, -0.1) is 0 Å². The topological polar surface area (TPSA) is 76.1 Å². The first-order chi connectivity index (χ1) is 10.5. The lowest BCUT2D eigenvalue weighted by Gasteiger charge is -2.35. The van der Waals surface area contributed by atoms with E-state index < -0.39 is 0 Å². The summed E-state index contributed by atoms with van der Waals surface area (Å²) >= 11 is 0. The molecule has 120 valence electrons. The maximum absolute atomic E-state index is 6.04. The van der Waals surface area contributed by atoms with Crippen LogP contribution in [0.15, 0.2) is 6.20 Å². The van der Waals surface area contributed by atoms with Crippen LogP contribution in [0.2, 0.25) is 0 Å². The summed E-state index contributed by atoms with van der Waals surface area (Å²) in [6, 6.07) is 0. The second-order valence-corrected chi connectivity index (χ2v) is 6.43. The molecule has 0 aromatic carbocycles. The number of fused-ring (bicyclic) bond motifs is 1. The van der Waals surface area contributed by atoms with Gasteiger partial charge in [-0.05, 0) is 18.9 Å². The summed E-state index contributed by atoms with van der Waals surface area (Å²) < 4.78 is 1.75. The highest BCUT2D eigenvalue weighted by Gasteiger charge is 2.20. The zero-order chi connectivity index (χ0) is 15.7. The molecule has 3 heterocycles. The summed E-state index contributed by atoms with van der Waals surface area (Å²) in [5, 5.41) is 5.02. The second-order valence-electron chi connectivity index (χ2n) is 6.43. The molecule has 0 radical (unpaired) electrons. The maximum Gasteiger partial charge on any atom is 0.229 e. The second kappa shape index (κ2) is 6.08. The van der Waals surface area contributed by atoms with Crippen molar-refractivity contribution < 1.29 is 0 Å². The monoisotopic (exact) mass is 303 g/mol. The van der Waals surface area contributed by atoms with Gasteiger partial charge in [-0.25, -0.2) is 0 Å². The molecule has 2 aromatic rings. The SMILES string of the molecule is CC(C)CCN1CCN(c2nc(N)c3cnn(C)c3n2)CC1. The van der Waals surface area contributed by atoms with E-state index in [9.17, 15) is 0 Å². The molecule has 0 bridgehead atoms. The van der Waals surface area contributed by atoms with E-state index in [1.54, 1.807) is 10.9 Å². The minimum atomic E-state index is 0.510. The van der Waals surface area contributed by atoms with Gasteiger partial charge in [-0.1, -0.05) is 13.8 Å². The summed E-state index contributed by atoms with van der Waals surface area (Å²) in [4.78, 5) is 13.8. The largest absolute Gasteiger partial charge is 0.383 e. The smallest absolute Gasteiger partial charge is 0.229 e. The summed E-state index contributed by atoms with van der Waals surface area (Å²) in [5.74, 6) is 1.99. The number of piperazine rings is 1. The van der Waals surface area contributed by atoms with Gasteiger partial charge >= 0.3 is 0 Å². The third-order valence-electron chi connectivity index (χ3n) is 4.29. The molecule has 1 fully saturated rings. The van der Waals surface area contributed by atoms with Crippen molar-refractivity contribution in [1.82, 2.24) is 24.6 Å². The van der Waals surface area contributed by atoms with Crippen molar-refractivity contribution in [1.29, 1.82) is 0 Å². The summed E-state index contributed by atoms with van der Waals surface area (Å²) in [5.41, 5.74) is 6.84. The van der Waals surface area contributed by atoms with Crippen LogP contribution < -0.4 is 10.6 Å². The van der Waals surface area contributed by atoms with Crippen LogP contribution in [0.5, 0.6) is 0 Å². The minimum Gasteiger partial charge on any atom is -0.383 e. The average Bonchev–Trinajstić information content (AvgIpc) is 2.88. The van der Waals surface area contributed by atoms with Gasteiger partial charge in [0.1, 0.15) is 5.82 Å². The van der Waals surface area contributed by atoms with Crippen LogP contribution in [-0.2, 0) is 7.05 Å². The lowest BCUT2D eigenvalue weighted by atomic mass is 10.1. The molecule has 7 heteroatoms. The van der Waals surface area contributed by atoms with Crippen molar-refractivity contribution in [3.63, 3.8) is 0 Å². The highest BCUT2D eigenvalue weighted by Crippen LogP contribution is 2.21. The maximum atomic E-state index is 6.04. The van der Waals surface area contributed by atoms with Gasteiger partial charge in [0, 0.05) is 33.2 Å².